The molecule has 0 spiro atoms. The minimum atomic E-state index is -0.484. The minimum absolute atomic E-state index is 0.0644. The maximum Gasteiger partial charge on any atom is 0.339 e. The molecular formula is C40H34Cl6N4O3. The van der Waals surface area contributed by atoms with Crippen LogP contribution in [0.25, 0.3) is 0 Å². The first kappa shape index (κ1) is 43.4. The van der Waals surface area contributed by atoms with Gasteiger partial charge < -0.3 is 10.5 Å². The van der Waals surface area contributed by atoms with Gasteiger partial charge in [0.05, 0.1) is 42.8 Å². The number of benzene rings is 3. The van der Waals surface area contributed by atoms with E-state index in [0.29, 0.717) is 37.1 Å². The SMILES string of the molecule is COC(=O)c1cccc(Cl)c1Cl.Cc1cccnc1.NC(Cc1cccnc1)c1cccc(Cl)c1Cl.O=C(Cc1cccnc1)c1cccc(Cl)c1Cl. The summed E-state index contributed by atoms with van der Waals surface area (Å²) in [6.07, 6.45) is 11.4. The van der Waals surface area contributed by atoms with Gasteiger partial charge in [0, 0.05) is 55.2 Å². The summed E-state index contributed by atoms with van der Waals surface area (Å²) in [5.41, 5.74) is 10.9. The molecule has 0 aliphatic carbocycles. The number of aromatic nitrogens is 3. The summed E-state index contributed by atoms with van der Waals surface area (Å²) in [4.78, 5) is 34.9. The fourth-order valence-corrected chi connectivity index (χ4v) is 5.64. The van der Waals surface area contributed by atoms with Gasteiger partial charge in [-0.1, -0.05) is 112 Å². The standard InChI is InChI=1S/C13H12Cl2N2.C13H9Cl2NO.C8H6Cl2O2.C6H7N/c14-11-5-1-4-10(13(11)15)12(16)7-9-3-2-6-17-8-9;14-11-5-1-4-10(13(11)15)12(17)7-9-3-2-6-16-8-9;1-12-8(11)5-3-2-4-6(9)7(5)10;1-6-3-2-4-7-5-6/h1-6,8,12H,7,16H2;1-6,8H,7H2;2-4H,1H3;2-5H,1H3. The second-order valence-electron chi connectivity index (χ2n) is 11.0. The topological polar surface area (TPSA) is 108 Å². The lowest BCUT2D eigenvalue weighted by atomic mass is 10.0. The molecule has 7 nitrogen and oxygen atoms in total. The maximum atomic E-state index is 12.0. The van der Waals surface area contributed by atoms with Gasteiger partial charge in [-0.25, -0.2) is 4.79 Å². The van der Waals surface area contributed by atoms with Crippen LogP contribution >= 0.6 is 69.6 Å². The van der Waals surface area contributed by atoms with E-state index in [1.807, 2.05) is 55.6 Å². The third-order valence-corrected chi connectivity index (χ3v) is 9.54. The number of ketones is 1. The number of nitrogens with zero attached hydrogens (tertiary/aromatic N) is 3. The number of hydrogen-bond donors (Lipinski definition) is 1. The molecule has 6 rings (SSSR count). The molecule has 0 saturated carbocycles. The van der Waals surface area contributed by atoms with Gasteiger partial charge in [0.2, 0.25) is 0 Å². The molecule has 1 unspecified atom stereocenters. The number of ether oxygens (including phenoxy) is 1. The summed E-state index contributed by atoms with van der Waals surface area (Å²) < 4.78 is 4.49. The summed E-state index contributed by atoms with van der Waals surface area (Å²) in [6, 6.07) is 26.6. The lowest BCUT2D eigenvalue weighted by Crippen LogP contribution is -2.14. The molecule has 3 aromatic heterocycles. The Morgan fingerprint density at radius 3 is 1.60 bits per heavy atom. The van der Waals surface area contributed by atoms with Crippen LogP contribution in [0.1, 0.15) is 49.0 Å². The zero-order valence-corrected chi connectivity index (χ0v) is 33.1. The average Bonchev–Trinajstić information content (AvgIpc) is 3.16. The van der Waals surface area contributed by atoms with Crippen LogP contribution in [0.3, 0.4) is 0 Å². The predicted octanol–water partition coefficient (Wildman–Crippen LogP) is 11.6. The third kappa shape index (κ3) is 14.4. The van der Waals surface area contributed by atoms with Crippen molar-refractivity contribution in [3.8, 4) is 0 Å². The Morgan fingerprint density at radius 1 is 0.623 bits per heavy atom. The van der Waals surface area contributed by atoms with E-state index < -0.39 is 5.97 Å². The van der Waals surface area contributed by atoms with Crippen molar-refractivity contribution in [2.45, 2.75) is 25.8 Å². The van der Waals surface area contributed by atoms with Gasteiger partial charge in [-0.15, -0.1) is 0 Å². The Morgan fingerprint density at radius 2 is 1.11 bits per heavy atom. The molecule has 0 saturated heterocycles. The van der Waals surface area contributed by atoms with Crippen molar-refractivity contribution in [2.75, 3.05) is 7.11 Å². The Hall–Kier alpha value is -4.05. The quantitative estimate of drug-likeness (QED) is 0.126. The van der Waals surface area contributed by atoms with Crippen LogP contribution in [0.4, 0.5) is 0 Å². The number of Topliss-reactive ketones (excluding diaryl/α,β-unsaturated/α-hetero) is 1. The van der Waals surface area contributed by atoms with E-state index in [2.05, 4.69) is 19.7 Å². The van der Waals surface area contributed by atoms with Crippen molar-refractivity contribution >= 4 is 81.4 Å². The molecule has 0 bridgehead atoms. The first-order chi connectivity index (χ1) is 25.4. The van der Waals surface area contributed by atoms with Crippen molar-refractivity contribution in [1.82, 2.24) is 15.0 Å². The van der Waals surface area contributed by atoms with Crippen LogP contribution < -0.4 is 5.73 Å². The fourth-order valence-electron chi connectivity index (χ4n) is 4.41. The zero-order chi connectivity index (χ0) is 38.8. The Bertz CT molecular complexity index is 2060. The fraction of sp³-hybridized carbons (Fsp3) is 0.125. The number of methoxy groups -OCH3 is 1. The highest BCUT2D eigenvalue weighted by molar-refractivity contribution is 6.44. The van der Waals surface area contributed by atoms with Gasteiger partial charge in [-0.3, -0.25) is 19.7 Å². The number of pyridine rings is 3. The van der Waals surface area contributed by atoms with Crippen molar-refractivity contribution in [3.63, 3.8) is 0 Å². The average molecular weight is 831 g/mol. The van der Waals surface area contributed by atoms with E-state index in [1.165, 1.54) is 12.7 Å². The Kier molecular flexibility index (Phi) is 18.7. The molecule has 0 aliphatic rings. The van der Waals surface area contributed by atoms with Crippen molar-refractivity contribution < 1.29 is 14.3 Å². The molecule has 0 amide bonds. The number of halogens is 6. The van der Waals surface area contributed by atoms with Crippen LogP contribution in [0.2, 0.25) is 30.1 Å². The van der Waals surface area contributed by atoms with E-state index in [9.17, 15) is 9.59 Å². The van der Waals surface area contributed by atoms with E-state index in [-0.39, 0.29) is 28.8 Å². The van der Waals surface area contributed by atoms with Crippen LogP contribution in [0, 0.1) is 6.92 Å². The first-order valence-electron chi connectivity index (χ1n) is 15.8. The van der Waals surface area contributed by atoms with E-state index in [0.717, 1.165) is 16.7 Å². The molecule has 274 valence electrons. The van der Waals surface area contributed by atoms with Gasteiger partial charge in [-0.05, 0) is 84.1 Å². The summed E-state index contributed by atoms with van der Waals surface area (Å²) in [7, 11) is 1.29. The van der Waals surface area contributed by atoms with Gasteiger partial charge in [0.25, 0.3) is 0 Å². The van der Waals surface area contributed by atoms with Crippen molar-refractivity contribution in [3.05, 3.63) is 192 Å². The highest BCUT2D eigenvalue weighted by Crippen LogP contribution is 2.30. The lowest BCUT2D eigenvalue weighted by molar-refractivity contribution is 0.0600. The second-order valence-corrected chi connectivity index (χ2v) is 13.4. The van der Waals surface area contributed by atoms with Crippen molar-refractivity contribution in [2.24, 2.45) is 5.73 Å². The maximum absolute atomic E-state index is 12.0. The Labute approximate surface area is 339 Å². The summed E-state index contributed by atoms with van der Waals surface area (Å²) in [5, 5.41) is 2.34. The molecule has 6 aromatic rings. The molecule has 53 heavy (non-hydrogen) atoms. The molecule has 3 heterocycles. The largest absolute Gasteiger partial charge is 0.465 e. The monoisotopic (exact) mass is 828 g/mol. The smallest absolute Gasteiger partial charge is 0.339 e. The van der Waals surface area contributed by atoms with E-state index in [1.54, 1.807) is 79.5 Å². The molecule has 13 heteroatoms. The number of hydrogen-bond acceptors (Lipinski definition) is 7. The second kappa shape index (κ2) is 22.9. The number of aryl methyl sites for hydroxylation is 1. The van der Waals surface area contributed by atoms with Crippen LogP contribution in [0.15, 0.2) is 128 Å². The molecule has 1 atom stereocenters. The molecule has 3 aromatic carbocycles. The van der Waals surface area contributed by atoms with Gasteiger partial charge in [-0.2, -0.15) is 0 Å². The number of carbonyl (C=O) groups is 2. The summed E-state index contributed by atoms with van der Waals surface area (Å²) in [5.74, 6) is -0.548. The van der Waals surface area contributed by atoms with E-state index in [4.69, 9.17) is 75.3 Å². The Balaban J connectivity index is 0.000000199. The zero-order valence-electron chi connectivity index (χ0n) is 28.5. The first-order valence-corrected chi connectivity index (χ1v) is 18.0. The summed E-state index contributed by atoms with van der Waals surface area (Å²) >= 11 is 35.3. The number of esters is 1. The van der Waals surface area contributed by atoms with Crippen LogP contribution in [-0.2, 0) is 17.6 Å². The van der Waals surface area contributed by atoms with Gasteiger partial charge >= 0.3 is 5.97 Å². The van der Waals surface area contributed by atoms with Gasteiger partial charge in [0.1, 0.15) is 0 Å². The number of rotatable bonds is 7. The number of nitrogens with two attached hydrogens (primary N) is 1. The molecule has 0 aliphatic heterocycles. The molecule has 2 N–H and O–H groups in total. The normalized spacial score (nSPS) is 10.6. The predicted molar refractivity (Wildman–Crippen MR) is 217 cm³/mol. The molecular weight excluding hydrogens is 797 g/mol. The molecule has 0 fully saturated rings. The number of carbonyl (C=O) groups excluding carboxylic acids is 2. The van der Waals surface area contributed by atoms with Gasteiger partial charge in [0.15, 0.2) is 5.78 Å². The lowest BCUT2D eigenvalue weighted by Gasteiger charge is -2.14. The minimum Gasteiger partial charge on any atom is -0.465 e. The molecule has 0 radical (unpaired) electrons. The third-order valence-electron chi connectivity index (χ3n) is 7.07. The summed E-state index contributed by atoms with van der Waals surface area (Å²) in [6.45, 7) is 2.02. The van der Waals surface area contributed by atoms with Crippen molar-refractivity contribution in [1.29, 1.82) is 0 Å². The van der Waals surface area contributed by atoms with Crippen LogP contribution in [0.5, 0.6) is 0 Å². The van der Waals surface area contributed by atoms with Crippen LogP contribution in [-0.4, -0.2) is 33.8 Å². The highest BCUT2D eigenvalue weighted by atomic mass is 35.5. The highest BCUT2D eigenvalue weighted by Gasteiger charge is 2.14. The van der Waals surface area contributed by atoms with E-state index >= 15 is 0 Å².